The Labute approximate surface area is 141 Å². The monoisotopic (exact) mass is 348 g/mol. The number of carbonyl (C=O) groups is 1. The van der Waals surface area contributed by atoms with Crippen LogP contribution < -0.4 is 10.3 Å². The van der Waals surface area contributed by atoms with Crippen molar-refractivity contribution in [3.8, 4) is 5.75 Å². The average Bonchev–Trinajstić information content (AvgIpc) is 2.51. The lowest BCUT2D eigenvalue weighted by molar-refractivity contribution is 0.0944. The second-order valence-corrected chi connectivity index (χ2v) is 7.32. The summed E-state index contributed by atoms with van der Waals surface area (Å²) >= 11 is 0. The predicted octanol–water partition coefficient (Wildman–Crippen LogP) is 2.25. The predicted molar refractivity (Wildman–Crippen MR) is 91.3 cm³/mol. The molecule has 0 fully saturated rings. The molecule has 0 aliphatic carbocycles. The molecule has 3 N–H and O–H groups in total. The Hall–Kier alpha value is -2.38. The van der Waals surface area contributed by atoms with E-state index in [1.165, 1.54) is 24.3 Å². The summed E-state index contributed by atoms with van der Waals surface area (Å²) in [5.41, 5.74) is 5.31. The molecular formula is C17H20N2O4S. The first-order chi connectivity index (χ1) is 11.1. The molecule has 6 nitrogen and oxygen atoms in total. The zero-order valence-electron chi connectivity index (χ0n) is 14.0. The van der Waals surface area contributed by atoms with Gasteiger partial charge in [0.2, 0.25) is 0 Å². The molecule has 0 heterocycles. The van der Waals surface area contributed by atoms with E-state index in [2.05, 4.69) is 10.3 Å². The zero-order valence-corrected chi connectivity index (χ0v) is 14.8. The van der Waals surface area contributed by atoms with Crippen LogP contribution in [0.2, 0.25) is 0 Å². The average molecular weight is 348 g/mol. The minimum atomic E-state index is -3.92. The minimum Gasteiger partial charge on any atom is -0.508 e. The smallest absolute Gasteiger partial charge is 0.266 e. The number of benzene rings is 2. The van der Waals surface area contributed by atoms with Gasteiger partial charge in [0.25, 0.3) is 15.9 Å². The molecule has 24 heavy (non-hydrogen) atoms. The lowest BCUT2D eigenvalue weighted by Gasteiger charge is -2.16. The van der Waals surface area contributed by atoms with Gasteiger partial charge >= 0.3 is 0 Å². The van der Waals surface area contributed by atoms with Gasteiger partial charge in [0.05, 0.1) is 4.90 Å². The van der Waals surface area contributed by atoms with Crippen molar-refractivity contribution in [3.05, 3.63) is 58.1 Å². The quantitative estimate of drug-likeness (QED) is 0.739. The summed E-state index contributed by atoms with van der Waals surface area (Å²) in [6.45, 7) is 7.14. The number of aromatic hydroxyl groups is 1. The summed E-state index contributed by atoms with van der Waals surface area (Å²) < 4.78 is 25.2. The fourth-order valence-corrected chi connectivity index (χ4v) is 3.92. The highest BCUT2D eigenvalue weighted by Gasteiger charge is 2.22. The molecular weight excluding hydrogens is 328 g/mol. The minimum absolute atomic E-state index is 0.0773. The Morgan fingerprint density at radius 1 is 1.00 bits per heavy atom. The van der Waals surface area contributed by atoms with Crippen molar-refractivity contribution < 1.29 is 18.3 Å². The van der Waals surface area contributed by atoms with Crippen LogP contribution in [0.25, 0.3) is 0 Å². The second kappa shape index (κ2) is 6.62. The van der Waals surface area contributed by atoms with Crippen LogP contribution in [0.5, 0.6) is 5.75 Å². The van der Waals surface area contributed by atoms with Gasteiger partial charge in [-0.3, -0.25) is 10.2 Å². The summed E-state index contributed by atoms with van der Waals surface area (Å²) in [6.07, 6.45) is 0. The van der Waals surface area contributed by atoms with Gasteiger partial charge in [-0.1, -0.05) is 12.1 Å². The number of aryl methyl sites for hydroxylation is 2. The van der Waals surface area contributed by atoms with Crippen LogP contribution in [0.3, 0.4) is 0 Å². The maximum absolute atomic E-state index is 12.6. The topological polar surface area (TPSA) is 95.5 Å². The van der Waals surface area contributed by atoms with Gasteiger partial charge in [-0.15, -0.1) is 4.83 Å². The molecule has 0 aliphatic heterocycles. The Kier molecular flexibility index (Phi) is 4.96. The standard InChI is InChI=1S/C17H20N2O4S/c1-10-8-11(2)13(4)16(12(10)3)24(22,23)19-18-17(21)14-6-5-7-15(20)9-14/h5-9,19-20H,1-4H3,(H,18,21). The lowest BCUT2D eigenvalue weighted by atomic mass is 10.0. The largest absolute Gasteiger partial charge is 0.508 e. The number of sulfonamides is 1. The van der Waals surface area contributed by atoms with Gasteiger partial charge in [-0.25, -0.2) is 8.42 Å². The van der Waals surface area contributed by atoms with Gasteiger partial charge in [0.1, 0.15) is 5.75 Å². The highest BCUT2D eigenvalue weighted by Crippen LogP contribution is 2.25. The molecule has 2 aromatic rings. The van der Waals surface area contributed by atoms with Crippen molar-refractivity contribution in [3.63, 3.8) is 0 Å². The van der Waals surface area contributed by atoms with E-state index in [-0.39, 0.29) is 16.2 Å². The molecule has 2 rings (SSSR count). The van der Waals surface area contributed by atoms with E-state index >= 15 is 0 Å². The van der Waals surface area contributed by atoms with E-state index in [0.29, 0.717) is 11.1 Å². The van der Waals surface area contributed by atoms with Crippen molar-refractivity contribution in [1.82, 2.24) is 10.3 Å². The number of hydrogen-bond donors (Lipinski definition) is 3. The molecule has 0 spiro atoms. The number of carbonyl (C=O) groups excluding carboxylic acids is 1. The van der Waals surface area contributed by atoms with E-state index < -0.39 is 15.9 Å². The number of amides is 1. The van der Waals surface area contributed by atoms with Crippen molar-refractivity contribution in [2.45, 2.75) is 32.6 Å². The number of hydrazine groups is 1. The van der Waals surface area contributed by atoms with Crippen LogP contribution in [-0.2, 0) is 10.0 Å². The third-order valence-electron chi connectivity index (χ3n) is 3.97. The molecule has 0 aliphatic rings. The van der Waals surface area contributed by atoms with E-state index in [0.717, 1.165) is 11.1 Å². The Morgan fingerprint density at radius 3 is 2.12 bits per heavy atom. The zero-order chi connectivity index (χ0) is 18.1. The third-order valence-corrected chi connectivity index (χ3v) is 5.49. The Morgan fingerprint density at radius 2 is 1.58 bits per heavy atom. The highest BCUT2D eigenvalue weighted by molar-refractivity contribution is 7.89. The first-order valence-corrected chi connectivity index (χ1v) is 8.80. The van der Waals surface area contributed by atoms with Crippen molar-refractivity contribution in [2.24, 2.45) is 0 Å². The van der Waals surface area contributed by atoms with Crippen LogP contribution in [0.15, 0.2) is 35.2 Å². The number of hydrogen-bond acceptors (Lipinski definition) is 4. The molecule has 0 radical (unpaired) electrons. The van der Waals surface area contributed by atoms with Gasteiger partial charge in [-0.05, 0) is 68.1 Å². The normalized spacial score (nSPS) is 11.3. The molecule has 2 aromatic carbocycles. The molecule has 0 saturated heterocycles. The molecule has 0 atom stereocenters. The molecule has 0 bridgehead atoms. The highest BCUT2D eigenvalue weighted by atomic mass is 32.2. The van der Waals surface area contributed by atoms with Gasteiger partial charge < -0.3 is 5.11 Å². The number of rotatable bonds is 4. The summed E-state index contributed by atoms with van der Waals surface area (Å²) in [7, 11) is -3.92. The molecule has 1 amide bonds. The molecule has 7 heteroatoms. The van der Waals surface area contributed by atoms with E-state index in [1.807, 2.05) is 19.9 Å². The second-order valence-electron chi connectivity index (χ2n) is 5.70. The maximum atomic E-state index is 12.6. The molecule has 0 aromatic heterocycles. The first-order valence-electron chi connectivity index (χ1n) is 7.32. The summed E-state index contributed by atoms with van der Waals surface area (Å²) in [4.78, 5) is 14.3. The van der Waals surface area contributed by atoms with Crippen LogP contribution in [0, 0.1) is 27.7 Å². The molecule has 0 saturated carbocycles. The SMILES string of the molecule is Cc1cc(C)c(C)c(S(=O)(=O)NNC(=O)c2cccc(O)c2)c1C. The van der Waals surface area contributed by atoms with Gasteiger partial charge in [0, 0.05) is 5.56 Å². The Bertz CT molecular complexity index is 879. The lowest BCUT2D eigenvalue weighted by Crippen LogP contribution is -2.42. The fourth-order valence-electron chi connectivity index (χ4n) is 2.47. The molecule has 128 valence electrons. The number of phenols is 1. The Balaban J connectivity index is 2.29. The van der Waals surface area contributed by atoms with E-state index in [1.54, 1.807) is 13.8 Å². The summed E-state index contributed by atoms with van der Waals surface area (Å²) in [5.74, 6) is -0.735. The van der Waals surface area contributed by atoms with Crippen molar-refractivity contribution in [2.75, 3.05) is 0 Å². The van der Waals surface area contributed by atoms with Crippen LogP contribution in [0.4, 0.5) is 0 Å². The van der Waals surface area contributed by atoms with Crippen LogP contribution in [0.1, 0.15) is 32.6 Å². The summed E-state index contributed by atoms with van der Waals surface area (Å²) in [5, 5.41) is 9.38. The van der Waals surface area contributed by atoms with Crippen LogP contribution in [-0.4, -0.2) is 19.4 Å². The third kappa shape index (κ3) is 3.58. The van der Waals surface area contributed by atoms with Crippen LogP contribution >= 0.6 is 0 Å². The number of phenolic OH excluding ortho intramolecular Hbond substituents is 1. The maximum Gasteiger partial charge on any atom is 0.266 e. The van der Waals surface area contributed by atoms with E-state index in [4.69, 9.17) is 0 Å². The van der Waals surface area contributed by atoms with Gasteiger partial charge in [0.15, 0.2) is 0 Å². The first kappa shape index (κ1) is 18.0. The van der Waals surface area contributed by atoms with E-state index in [9.17, 15) is 18.3 Å². The fraction of sp³-hybridized carbons (Fsp3) is 0.235. The summed E-state index contributed by atoms with van der Waals surface area (Å²) in [6, 6.07) is 7.56. The van der Waals surface area contributed by atoms with Crippen molar-refractivity contribution >= 4 is 15.9 Å². The van der Waals surface area contributed by atoms with Gasteiger partial charge in [-0.2, -0.15) is 0 Å². The molecule has 0 unspecified atom stereocenters. The van der Waals surface area contributed by atoms with Crippen molar-refractivity contribution in [1.29, 1.82) is 0 Å². The number of nitrogens with one attached hydrogen (secondary N) is 2.